The lowest BCUT2D eigenvalue weighted by molar-refractivity contribution is 0.170. The zero-order valence-electron chi connectivity index (χ0n) is 11.6. The van der Waals surface area contributed by atoms with Crippen molar-refractivity contribution in [2.75, 3.05) is 13.2 Å². The number of ether oxygens (including phenoxy) is 1. The van der Waals surface area contributed by atoms with Crippen molar-refractivity contribution in [2.24, 2.45) is 0 Å². The maximum absolute atomic E-state index is 10.2. The SMILES string of the molecule is CCc1nn(C2CCOC2)c(CC)c1C(O)CC. The molecule has 0 aliphatic carbocycles. The van der Waals surface area contributed by atoms with Crippen LogP contribution >= 0.6 is 0 Å². The van der Waals surface area contributed by atoms with Crippen molar-refractivity contribution in [1.29, 1.82) is 0 Å². The van der Waals surface area contributed by atoms with Gasteiger partial charge in [-0.1, -0.05) is 20.8 Å². The van der Waals surface area contributed by atoms with Crippen LogP contribution in [0.15, 0.2) is 0 Å². The summed E-state index contributed by atoms with van der Waals surface area (Å²) in [6.07, 6.45) is 3.17. The first kappa shape index (κ1) is 13.6. The minimum absolute atomic E-state index is 0.350. The smallest absolute Gasteiger partial charge is 0.0823 e. The maximum atomic E-state index is 10.2. The lowest BCUT2D eigenvalue weighted by Crippen LogP contribution is -2.14. The van der Waals surface area contributed by atoms with Gasteiger partial charge in [0.2, 0.25) is 0 Å². The molecule has 1 N–H and O–H groups in total. The molecule has 0 bridgehead atoms. The van der Waals surface area contributed by atoms with Gasteiger partial charge in [0.05, 0.1) is 24.4 Å². The van der Waals surface area contributed by atoms with E-state index in [1.165, 1.54) is 5.69 Å². The largest absolute Gasteiger partial charge is 0.388 e. The Labute approximate surface area is 109 Å². The maximum Gasteiger partial charge on any atom is 0.0823 e. The van der Waals surface area contributed by atoms with Gasteiger partial charge in [0, 0.05) is 17.9 Å². The Morgan fingerprint density at radius 3 is 2.67 bits per heavy atom. The Kier molecular flexibility index (Phi) is 4.40. The van der Waals surface area contributed by atoms with E-state index in [1.54, 1.807) is 0 Å². The summed E-state index contributed by atoms with van der Waals surface area (Å²) in [6, 6.07) is 0.350. The van der Waals surface area contributed by atoms with Gasteiger partial charge in [-0.25, -0.2) is 0 Å². The van der Waals surface area contributed by atoms with Crippen molar-refractivity contribution < 1.29 is 9.84 Å². The van der Waals surface area contributed by atoms with Gasteiger partial charge >= 0.3 is 0 Å². The third-order valence-electron chi connectivity index (χ3n) is 3.77. The number of hydrogen-bond acceptors (Lipinski definition) is 3. The van der Waals surface area contributed by atoms with Gasteiger partial charge in [-0.2, -0.15) is 5.10 Å². The van der Waals surface area contributed by atoms with Crippen LogP contribution in [0.1, 0.15) is 62.7 Å². The second-order valence-corrected chi connectivity index (χ2v) is 4.90. The zero-order valence-corrected chi connectivity index (χ0v) is 11.6. The van der Waals surface area contributed by atoms with Gasteiger partial charge in [0.1, 0.15) is 0 Å². The molecule has 0 aromatic carbocycles. The van der Waals surface area contributed by atoms with E-state index in [2.05, 4.69) is 18.5 Å². The first-order valence-electron chi connectivity index (χ1n) is 7.08. The van der Waals surface area contributed by atoms with Crippen molar-refractivity contribution in [2.45, 2.75) is 58.6 Å². The van der Waals surface area contributed by atoms with E-state index in [9.17, 15) is 5.11 Å². The van der Waals surface area contributed by atoms with Crippen LogP contribution in [0.3, 0.4) is 0 Å². The normalized spacial score (nSPS) is 21.4. The summed E-state index contributed by atoms with van der Waals surface area (Å²) in [6.45, 7) is 7.82. The summed E-state index contributed by atoms with van der Waals surface area (Å²) >= 11 is 0. The Morgan fingerprint density at radius 2 is 2.17 bits per heavy atom. The van der Waals surface area contributed by atoms with Crippen LogP contribution in [0.5, 0.6) is 0 Å². The summed E-state index contributed by atoms with van der Waals surface area (Å²) in [5, 5.41) is 15.0. The molecule has 4 heteroatoms. The minimum Gasteiger partial charge on any atom is -0.388 e. The Balaban J connectivity index is 2.43. The number of hydrogen-bond donors (Lipinski definition) is 1. The highest BCUT2D eigenvalue weighted by Crippen LogP contribution is 2.30. The van der Waals surface area contributed by atoms with E-state index in [0.717, 1.165) is 50.2 Å². The first-order valence-corrected chi connectivity index (χ1v) is 7.08. The molecule has 18 heavy (non-hydrogen) atoms. The molecule has 2 unspecified atom stereocenters. The molecule has 2 heterocycles. The molecule has 1 aromatic heterocycles. The van der Waals surface area contributed by atoms with Crippen molar-refractivity contribution in [3.8, 4) is 0 Å². The van der Waals surface area contributed by atoms with Crippen molar-refractivity contribution in [1.82, 2.24) is 9.78 Å². The highest BCUT2D eigenvalue weighted by Gasteiger charge is 2.26. The predicted octanol–water partition coefficient (Wildman–Crippen LogP) is 2.41. The van der Waals surface area contributed by atoms with Crippen LogP contribution in [-0.4, -0.2) is 28.1 Å². The number of aliphatic hydroxyl groups excluding tert-OH is 1. The van der Waals surface area contributed by atoms with E-state index in [0.29, 0.717) is 6.04 Å². The molecule has 1 aromatic rings. The molecule has 1 fully saturated rings. The quantitative estimate of drug-likeness (QED) is 0.875. The van der Waals surface area contributed by atoms with Gasteiger partial charge in [0.25, 0.3) is 0 Å². The average molecular weight is 252 g/mol. The highest BCUT2D eigenvalue weighted by molar-refractivity contribution is 5.29. The Morgan fingerprint density at radius 1 is 1.39 bits per heavy atom. The fourth-order valence-corrected chi connectivity index (χ4v) is 2.75. The molecule has 1 aliphatic heterocycles. The fourth-order valence-electron chi connectivity index (χ4n) is 2.75. The van der Waals surface area contributed by atoms with E-state index in [4.69, 9.17) is 9.84 Å². The van der Waals surface area contributed by atoms with Gasteiger partial charge in [-0.3, -0.25) is 4.68 Å². The number of aliphatic hydroxyl groups is 1. The summed E-state index contributed by atoms with van der Waals surface area (Å²) in [5.41, 5.74) is 3.30. The van der Waals surface area contributed by atoms with E-state index in [1.807, 2.05) is 6.92 Å². The number of aromatic nitrogens is 2. The molecule has 1 saturated heterocycles. The Bertz CT molecular complexity index is 395. The average Bonchev–Trinajstić information content (AvgIpc) is 3.03. The lowest BCUT2D eigenvalue weighted by Gasteiger charge is -2.14. The molecule has 0 radical (unpaired) electrons. The summed E-state index contributed by atoms with van der Waals surface area (Å²) in [7, 11) is 0. The van der Waals surface area contributed by atoms with Gasteiger partial charge in [0.15, 0.2) is 0 Å². The molecular weight excluding hydrogens is 228 g/mol. The van der Waals surface area contributed by atoms with E-state index in [-0.39, 0.29) is 6.10 Å². The number of aryl methyl sites for hydroxylation is 1. The molecule has 102 valence electrons. The van der Waals surface area contributed by atoms with E-state index < -0.39 is 0 Å². The third-order valence-corrected chi connectivity index (χ3v) is 3.77. The molecule has 2 rings (SSSR count). The molecule has 1 aliphatic rings. The van der Waals surface area contributed by atoms with Crippen LogP contribution in [0, 0.1) is 0 Å². The van der Waals surface area contributed by atoms with Crippen molar-refractivity contribution in [3.05, 3.63) is 17.0 Å². The highest BCUT2D eigenvalue weighted by atomic mass is 16.5. The van der Waals surface area contributed by atoms with Crippen LogP contribution in [0.2, 0.25) is 0 Å². The van der Waals surface area contributed by atoms with Crippen LogP contribution < -0.4 is 0 Å². The van der Waals surface area contributed by atoms with Crippen molar-refractivity contribution in [3.63, 3.8) is 0 Å². The topological polar surface area (TPSA) is 47.3 Å². The zero-order chi connectivity index (χ0) is 13.1. The third kappa shape index (κ3) is 2.31. The molecular formula is C14H24N2O2. The van der Waals surface area contributed by atoms with Gasteiger partial charge in [-0.15, -0.1) is 0 Å². The molecule has 0 spiro atoms. The summed E-state index contributed by atoms with van der Waals surface area (Å²) < 4.78 is 7.57. The lowest BCUT2D eigenvalue weighted by atomic mass is 10.0. The van der Waals surface area contributed by atoms with Crippen LogP contribution in [-0.2, 0) is 17.6 Å². The van der Waals surface area contributed by atoms with Crippen LogP contribution in [0.25, 0.3) is 0 Å². The van der Waals surface area contributed by atoms with E-state index >= 15 is 0 Å². The summed E-state index contributed by atoms with van der Waals surface area (Å²) in [5.74, 6) is 0. The fraction of sp³-hybridized carbons (Fsp3) is 0.786. The Hall–Kier alpha value is -0.870. The number of nitrogens with zero attached hydrogens (tertiary/aromatic N) is 2. The first-order chi connectivity index (χ1) is 8.72. The molecule has 0 saturated carbocycles. The van der Waals surface area contributed by atoms with Crippen molar-refractivity contribution >= 4 is 0 Å². The standard InChI is InChI=1S/C14H24N2O2/c1-4-11-14(13(17)6-3)12(5-2)16(15-11)10-7-8-18-9-10/h10,13,17H,4-9H2,1-3H3. The van der Waals surface area contributed by atoms with Gasteiger partial charge in [-0.05, 0) is 25.7 Å². The minimum atomic E-state index is -0.383. The second kappa shape index (κ2) is 5.85. The molecule has 4 nitrogen and oxygen atoms in total. The van der Waals surface area contributed by atoms with Crippen LogP contribution in [0.4, 0.5) is 0 Å². The predicted molar refractivity (Wildman–Crippen MR) is 70.7 cm³/mol. The monoisotopic (exact) mass is 252 g/mol. The summed E-state index contributed by atoms with van der Waals surface area (Å²) in [4.78, 5) is 0. The molecule has 0 amide bonds. The number of rotatable bonds is 5. The second-order valence-electron chi connectivity index (χ2n) is 4.90. The van der Waals surface area contributed by atoms with Gasteiger partial charge < -0.3 is 9.84 Å². The molecule has 2 atom stereocenters.